The van der Waals surface area contributed by atoms with E-state index in [1.54, 1.807) is 0 Å². The minimum atomic E-state index is -0.408. The summed E-state index contributed by atoms with van der Waals surface area (Å²) in [4.78, 5) is 13.9. The summed E-state index contributed by atoms with van der Waals surface area (Å²) in [5.41, 5.74) is -0.408. The van der Waals surface area contributed by atoms with Crippen LogP contribution in [0.2, 0.25) is 0 Å². The van der Waals surface area contributed by atoms with Gasteiger partial charge >= 0.3 is 6.09 Å². The monoisotopic (exact) mass is 284 g/mol. The zero-order valence-corrected chi connectivity index (χ0v) is 13.9. The zero-order chi connectivity index (χ0) is 15.2. The van der Waals surface area contributed by atoms with Crippen LogP contribution in [0.15, 0.2) is 0 Å². The number of piperidine rings is 1. The van der Waals surface area contributed by atoms with Gasteiger partial charge in [-0.1, -0.05) is 13.8 Å². The number of hydrogen-bond acceptors (Lipinski definition) is 3. The van der Waals surface area contributed by atoms with E-state index in [0.717, 1.165) is 38.4 Å². The molecule has 1 heterocycles. The van der Waals surface area contributed by atoms with Crippen LogP contribution >= 0.6 is 0 Å². The second kappa shape index (κ2) is 7.87. The summed E-state index contributed by atoms with van der Waals surface area (Å²) >= 11 is 0. The van der Waals surface area contributed by atoms with E-state index in [-0.39, 0.29) is 6.09 Å². The molecule has 1 fully saturated rings. The number of amides is 1. The van der Waals surface area contributed by atoms with Gasteiger partial charge in [0.25, 0.3) is 0 Å². The van der Waals surface area contributed by atoms with Gasteiger partial charge < -0.3 is 15.0 Å². The molecule has 1 aliphatic heterocycles. The Kier molecular flexibility index (Phi) is 6.80. The molecule has 4 heteroatoms. The van der Waals surface area contributed by atoms with Gasteiger partial charge in [0.15, 0.2) is 0 Å². The standard InChI is InChI=1S/C16H32N2O2/c1-13(2)8-6-10-17-14-9-7-11-18(12-14)15(19)20-16(3,4)5/h13-14,17H,6-12H2,1-5H3. The third-order valence-corrected chi connectivity index (χ3v) is 3.46. The van der Waals surface area contributed by atoms with Gasteiger partial charge in [0.2, 0.25) is 0 Å². The molecule has 0 aromatic carbocycles. The maximum absolute atomic E-state index is 12.1. The van der Waals surface area contributed by atoms with Crippen LogP contribution in [0, 0.1) is 5.92 Å². The molecule has 1 atom stereocenters. The molecular weight excluding hydrogens is 252 g/mol. The average Bonchev–Trinajstić information content (AvgIpc) is 2.33. The molecule has 1 saturated heterocycles. The van der Waals surface area contributed by atoms with Crippen LogP contribution in [0.4, 0.5) is 4.79 Å². The van der Waals surface area contributed by atoms with Crippen LogP contribution in [0.1, 0.15) is 60.3 Å². The Morgan fingerprint density at radius 3 is 2.70 bits per heavy atom. The minimum Gasteiger partial charge on any atom is -0.444 e. The first-order valence-electron chi connectivity index (χ1n) is 7.99. The molecule has 4 nitrogen and oxygen atoms in total. The van der Waals surface area contributed by atoms with Crippen LogP contribution in [-0.4, -0.2) is 42.3 Å². The normalized spacial score (nSPS) is 20.3. The molecular formula is C16H32N2O2. The number of carbonyl (C=O) groups is 1. The van der Waals surface area contributed by atoms with Gasteiger partial charge in [0.1, 0.15) is 5.60 Å². The molecule has 0 aliphatic carbocycles. The topological polar surface area (TPSA) is 41.6 Å². The zero-order valence-electron chi connectivity index (χ0n) is 13.9. The Hall–Kier alpha value is -0.770. The van der Waals surface area contributed by atoms with E-state index < -0.39 is 5.60 Å². The van der Waals surface area contributed by atoms with Crippen molar-refractivity contribution in [2.24, 2.45) is 5.92 Å². The van der Waals surface area contributed by atoms with E-state index in [4.69, 9.17) is 4.74 Å². The van der Waals surface area contributed by atoms with Gasteiger partial charge in [-0.2, -0.15) is 0 Å². The lowest BCUT2D eigenvalue weighted by molar-refractivity contribution is 0.0187. The maximum atomic E-state index is 12.1. The highest BCUT2D eigenvalue weighted by Gasteiger charge is 2.27. The molecule has 0 bridgehead atoms. The third-order valence-electron chi connectivity index (χ3n) is 3.46. The van der Waals surface area contributed by atoms with Crippen LogP contribution in [0.5, 0.6) is 0 Å². The minimum absolute atomic E-state index is 0.175. The molecule has 1 unspecified atom stereocenters. The molecule has 0 aromatic rings. The van der Waals surface area contributed by atoms with E-state index in [2.05, 4.69) is 19.2 Å². The Bertz CT molecular complexity index is 297. The molecule has 0 saturated carbocycles. The van der Waals surface area contributed by atoms with Crippen molar-refractivity contribution in [1.29, 1.82) is 0 Å². The highest BCUT2D eigenvalue weighted by atomic mass is 16.6. The first kappa shape index (κ1) is 17.3. The van der Waals surface area contributed by atoms with Gasteiger partial charge in [-0.05, 0) is 58.9 Å². The van der Waals surface area contributed by atoms with Gasteiger partial charge in [0.05, 0.1) is 0 Å². The molecule has 1 rings (SSSR count). The number of carbonyl (C=O) groups excluding carboxylic acids is 1. The number of likely N-dealkylation sites (tertiary alicyclic amines) is 1. The Labute approximate surface area is 124 Å². The molecule has 20 heavy (non-hydrogen) atoms. The molecule has 0 radical (unpaired) electrons. The summed E-state index contributed by atoms with van der Waals surface area (Å²) in [6.07, 6.45) is 4.50. The van der Waals surface area contributed by atoms with Crippen LogP contribution in [0.25, 0.3) is 0 Å². The Morgan fingerprint density at radius 1 is 1.40 bits per heavy atom. The molecule has 118 valence electrons. The van der Waals surface area contributed by atoms with Crippen molar-refractivity contribution in [1.82, 2.24) is 10.2 Å². The second-order valence-electron chi connectivity index (χ2n) is 7.26. The molecule has 0 spiro atoms. The van der Waals surface area contributed by atoms with Crippen LogP contribution in [0.3, 0.4) is 0 Å². The van der Waals surface area contributed by atoms with Crippen molar-refractivity contribution < 1.29 is 9.53 Å². The van der Waals surface area contributed by atoms with Crippen molar-refractivity contribution >= 4 is 6.09 Å². The summed E-state index contributed by atoms with van der Waals surface area (Å²) in [6, 6.07) is 0.420. The largest absolute Gasteiger partial charge is 0.444 e. The summed E-state index contributed by atoms with van der Waals surface area (Å²) in [5, 5.41) is 3.58. The number of ether oxygens (including phenoxy) is 1. The smallest absolute Gasteiger partial charge is 0.410 e. The van der Waals surface area contributed by atoms with E-state index >= 15 is 0 Å². The predicted molar refractivity (Wildman–Crippen MR) is 82.9 cm³/mol. The van der Waals surface area contributed by atoms with E-state index in [9.17, 15) is 4.79 Å². The summed E-state index contributed by atoms with van der Waals surface area (Å²) in [6.45, 7) is 12.9. The lowest BCUT2D eigenvalue weighted by Crippen LogP contribution is -2.49. The van der Waals surface area contributed by atoms with Crippen molar-refractivity contribution in [3.05, 3.63) is 0 Å². The molecule has 1 aliphatic rings. The average molecular weight is 284 g/mol. The number of rotatable bonds is 5. The first-order valence-corrected chi connectivity index (χ1v) is 7.99. The Morgan fingerprint density at radius 2 is 2.10 bits per heavy atom. The second-order valence-corrected chi connectivity index (χ2v) is 7.26. The molecule has 1 amide bonds. The van der Waals surface area contributed by atoms with Gasteiger partial charge in [-0.15, -0.1) is 0 Å². The number of nitrogens with zero attached hydrogens (tertiary/aromatic N) is 1. The SMILES string of the molecule is CC(C)CCCNC1CCCN(C(=O)OC(C)(C)C)C1. The first-order chi connectivity index (χ1) is 9.28. The fourth-order valence-electron chi connectivity index (χ4n) is 2.45. The molecule has 0 aromatic heterocycles. The fourth-order valence-corrected chi connectivity index (χ4v) is 2.45. The van der Waals surface area contributed by atoms with Crippen molar-refractivity contribution in [2.75, 3.05) is 19.6 Å². The highest BCUT2D eigenvalue weighted by molar-refractivity contribution is 5.68. The number of nitrogens with one attached hydrogen (secondary N) is 1. The van der Waals surface area contributed by atoms with Gasteiger partial charge in [-0.3, -0.25) is 0 Å². The van der Waals surface area contributed by atoms with Crippen molar-refractivity contribution in [2.45, 2.75) is 71.9 Å². The van der Waals surface area contributed by atoms with Crippen LogP contribution < -0.4 is 5.32 Å². The van der Waals surface area contributed by atoms with E-state index in [0.29, 0.717) is 6.04 Å². The Balaban J connectivity index is 2.29. The van der Waals surface area contributed by atoms with Crippen molar-refractivity contribution in [3.63, 3.8) is 0 Å². The summed E-state index contributed by atoms with van der Waals surface area (Å²) in [7, 11) is 0. The van der Waals surface area contributed by atoms with E-state index in [1.165, 1.54) is 12.8 Å². The summed E-state index contributed by atoms with van der Waals surface area (Å²) < 4.78 is 5.44. The lowest BCUT2D eigenvalue weighted by atomic mass is 10.0. The quantitative estimate of drug-likeness (QED) is 0.787. The van der Waals surface area contributed by atoms with Gasteiger partial charge in [-0.25, -0.2) is 4.79 Å². The number of hydrogen-bond donors (Lipinski definition) is 1. The molecule has 1 N–H and O–H groups in total. The van der Waals surface area contributed by atoms with Crippen molar-refractivity contribution in [3.8, 4) is 0 Å². The predicted octanol–water partition coefficient (Wildman–Crippen LogP) is 3.41. The lowest BCUT2D eigenvalue weighted by Gasteiger charge is -2.34. The maximum Gasteiger partial charge on any atom is 0.410 e. The van der Waals surface area contributed by atoms with E-state index in [1.807, 2.05) is 25.7 Å². The van der Waals surface area contributed by atoms with Gasteiger partial charge in [0, 0.05) is 19.1 Å². The fraction of sp³-hybridized carbons (Fsp3) is 0.938. The summed E-state index contributed by atoms with van der Waals surface area (Å²) in [5.74, 6) is 0.765. The third kappa shape index (κ3) is 7.13. The van der Waals surface area contributed by atoms with Crippen LogP contribution in [-0.2, 0) is 4.74 Å². The highest BCUT2D eigenvalue weighted by Crippen LogP contribution is 2.15.